The third-order valence-corrected chi connectivity index (χ3v) is 5.08. The summed E-state index contributed by atoms with van der Waals surface area (Å²) < 4.78 is 6.82. The van der Waals surface area contributed by atoms with Crippen molar-refractivity contribution in [1.82, 2.24) is 14.8 Å². The average molecular weight is 427 g/mol. The SMILES string of the molecule is COc1cccc(NC(=O)Cc2nnc(SCC(=O)Nc3cccc(O)c3)n2C)c1. The van der Waals surface area contributed by atoms with Crippen molar-refractivity contribution in [2.75, 3.05) is 23.5 Å². The van der Waals surface area contributed by atoms with Crippen LogP contribution in [0.25, 0.3) is 0 Å². The van der Waals surface area contributed by atoms with Crippen LogP contribution in [0.3, 0.4) is 0 Å². The predicted molar refractivity (Wildman–Crippen MR) is 114 cm³/mol. The highest BCUT2D eigenvalue weighted by Crippen LogP contribution is 2.20. The van der Waals surface area contributed by atoms with Gasteiger partial charge in [0.25, 0.3) is 0 Å². The van der Waals surface area contributed by atoms with E-state index < -0.39 is 0 Å². The summed E-state index contributed by atoms with van der Waals surface area (Å²) in [5.74, 6) is 0.825. The Hall–Kier alpha value is -3.53. The van der Waals surface area contributed by atoms with Crippen LogP contribution in [-0.4, -0.2) is 44.5 Å². The van der Waals surface area contributed by atoms with Gasteiger partial charge in [-0.1, -0.05) is 23.9 Å². The zero-order valence-corrected chi connectivity index (χ0v) is 17.3. The Labute approximate surface area is 177 Å². The summed E-state index contributed by atoms with van der Waals surface area (Å²) in [5, 5.41) is 23.6. The maximum Gasteiger partial charge on any atom is 0.234 e. The van der Waals surface area contributed by atoms with Crippen molar-refractivity contribution in [2.24, 2.45) is 7.05 Å². The number of benzene rings is 2. The molecule has 0 aliphatic rings. The molecule has 0 radical (unpaired) electrons. The molecule has 1 heterocycles. The fraction of sp³-hybridized carbons (Fsp3) is 0.200. The van der Waals surface area contributed by atoms with Gasteiger partial charge in [0.2, 0.25) is 11.8 Å². The highest BCUT2D eigenvalue weighted by molar-refractivity contribution is 7.99. The number of carbonyl (C=O) groups excluding carboxylic acids is 2. The molecule has 0 unspecified atom stereocenters. The molecular formula is C20H21N5O4S. The molecule has 9 nitrogen and oxygen atoms in total. The van der Waals surface area contributed by atoms with E-state index in [2.05, 4.69) is 20.8 Å². The summed E-state index contributed by atoms with van der Waals surface area (Å²) in [6.45, 7) is 0. The Kier molecular flexibility index (Phi) is 6.91. The van der Waals surface area contributed by atoms with E-state index in [0.717, 1.165) is 0 Å². The first kappa shape index (κ1) is 21.2. The second-order valence-electron chi connectivity index (χ2n) is 6.30. The van der Waals surface area contributed by atoms with Crippen LogP contribution in [0.15, 0.2) is 53.7 Å². The summed E-state index contributed by atoms with van der Waals surface area (Å²) in [7, 11) is 3.30. The van der Waals surface area contributed by atoms with Crippen LogP contribution in [0.5, 0.6) is 11.5 Å². The molecule has 156 valence electrons. The number of methoxy groups -OCH3 is 1. The number of hydrogen-bond acceptors (Lipinski definition) is 7. The van der Waals surface area contributed by atoms with Crippen LogP contribution >= 0.6 is 11.8 Å². The third kappa shape index (κ3) is 5.74. The van der Waals surface area contributed by atoms with Gasteiger partial charge in [0.1, 0.15) is 17.3 Å². The molecule has 0 bridgehead atoms. The number of nitrogens with one attached hydrogen (secondary N) is 2. The Morgan fingerprint density at radius 1 is 1.07 bits per heavy atom. The Bertz CT molecular complexity index is 1050. The maximum absolute atomic E-state index is 12.3. The van der Waals surface area contributed by atoms with Gasteiger partial charge < -0.3 is 25.0 Å². The van der Waals surface area contributed by atoms with Gasteiger partial charge in [-0.2, -0.15) is 0 Å². The first-order valence-corrected chi connectivity index (χ1v) is 9.97. The molecule has 2 aromatic carbocycles. The van der Waals surface area contributed by atoms with E-state index in [-0.39, 0.29) is 29.7 Å². The second kappa shape index (κ2) is 9.79. The highest BCUT2D eigenvalue weighted by Gasteiger charge is 2.15. The zero-order valence-electron chi connectivity index (χ0n) is 16.5. The van der Waals surface area contributed by atoms with Crippen LogP contribution in [0, 0.1) is 0 Å². The summed E-state index contributed by atoms with van der Waals surface area (Å²) in [4.78, 5) is 24.4. The molecule has 3 rings (SSSR count). The predicted octanol–water partition coefficient (Wildman–Crippen LogP) is 2.44. The van der Waals surface area contributed by atoms with Crippen molar-refractivity contribution in [2.45, 2.75) is 11.6 Å². The lowest BCUT2D eigenvalue weighted by molar-refractivity contribution is -0.116. The normalized spacial score (nSPS) is 10.5. The number of rotatable bonds is 8. The smallest absolute Gasteiger partial charge is 0.234 e. The van der Waals surface area contributed by atoms with E-state index in [1.165, 1.54) is 23.9 Å². The average Bonchev–Trinajstić information content (AvgIpc) is 3.06. The van der Waals surface area contributed by atoms with Gasteiger partial charge in [-0.05, 0) is 24.3 Å². The molecule has 1 aromatic heterocycles. The summed E-state index contributed by atoms with van der Waals surface area (Å²) in [6, 6.07) is 13.4. The van der Waals surface area contributed by atoms with Crippen molar-refractivity contribution < 1.29 is 19.4 Å². The highest BCUT2D eigenvalue weighted by atomic mass is 32.2. The number of aromatic hydroxyl groups is 1. The fourth-order valence-corrected chi connectivity index (χ4v) is 3.32. The van der Waals surface area contributed by atoms with Gasteiger partial charge in [-0.15, -0.1) is 10.2 Å². The fourth-order valence-electron chi connectivity index (χ4n) is 2.59. The minimum Gasteiger partial charge on any atom is -0.508 e. The first-order chi connectivity index (χ1) is 14.4. The molecule has 0 atom stereocenters. The third-order valence-electron chi connectivity index (χ3n) is 4.06. The van der Waals surface area contributed by atoms with E-state index in [0.29, 0.717) is 28.1 Å². The number of thioether (sulfide) groups is 1. The van der Waals surface area contributed by atoms with Crippen molar-refractivity contribution in [3.05, 3.63) is 54.4 Å². The van der Waals surface area contributed by atoms with E-state index in [1.54, 1.807) is 55.1 Å². The number of aromatic nitrogens is 3. The van der Waals surface area contributed by atoms with Crippen LogP contribution in [0.1, 0.15) is 5.82 Å². The van der Waals surface area contributed by atoms with Crippen LogP contribution in [0.2, 0.25) is 0 Å². The topological polar surface area (TPSA) is 118 Å². The van der Waals surface area contributed by atoms with Crippen molar-refractivity contribution in [1.29, 1.82) is 0 Å². The molecule has 0 spiro atoms. The second-order valence-corrected chi connectivity index (χ2v) is 7.24. The largest absolute Gasteiger partial charge is 0.508 e. The number of carbonyl (C=O) groups is 2. The lowest BCUT2D eigenvalue weighted by atomic mass is 10.3. The lowest BCUT2D eigenvalue weighted by Crippen LogP contribution is -2.17. The molecule has 0 fully saturated rings. The van der Waals surface area contributed by atoms with E-state index in [9.17, 15) is 14.7 Å². The Morgan fingerprint density at radius 2 is 1.77 bits per heavy atom. The number of hydrogen-bond donors (Lipinski definition) is 3. The summed E-state index contributed by atoms with van der Waals surface area (Å²) in [6.07, 6.45) is 0.0385. The monoisotopic (exact) mass is 427 g/mol. The zero-order chi connectivity index (χ0) is 21.5. The van der Waals surface area contributed by atoms with Crippen molar-refractivity contribution in [3.8, 4) is 11.5 Å². The first-order valence-electron chi connectivity index (χ1n) is 8.98. The molecule has 10 heteroatoms. The standard InChI is InChI=1S/C20H21N5O4S/c1-25-17(11-18(27)21-14-6-4-8-16(10-14)29-2)23-24-20(25)30-12-19(28)22-13-5-3-7-15(26)9-13/h3-10,26H,11-12H2,1-2H3,(H,21,27)(H,22,28). The van der Waals surface area contributed by atoms with E-state index >= 15 is 0 Å². The number of phenolic OH excluding ortho intramolecular Hbond substituents is 1. The molecule has 0 saturated carbocycles. The van der Waals surface area contributed by atoms with Crippen molar-refractivity contribution in [3.63, 3.8) is 0 Å². The number of phenols is 1. The summed E-state index contributed by atoms with van der Waals surface area (Å²) >= 11 is 1.20. The maximum atomic E-state index is 12.3. The molecule has 2 amide bonds. The van der Waals surface area contributed by atoms with Gasteiger partial charge in [0, 0.05) is 30.6 Å². The molecule has 0 aliphatic heterocycles. The van der Waals surface area contributed by atoms with Gasteiger partial charge in [0.05, 0.1) is 19.3 Å². The quantitative estimate of drug-likeness (QED) is 0.473. The molecule has 3 N–H and O–H groups in total. The molecule has 0 aliphatic carbocycles. The van der Waals surface area contributed by atoms with Gasteiger partial charge in [-0.3, -0.25) is 9.59 Å². The number of amides is 2. The number of ether oxygens (including phenoxy) is 1. The van der Waals surface area contributed by atoms with Crippen LogP contribution in [-0.2, 0) is 23.1 Å². The molecule has 3 aromatic rings. The number of nitrogens with zero attached hydrogens (tertiary/aromatic N) is 3. The number of anilines is 2. The van der Waals surface area contributed by atoms with Gasteiger partial charge in [0.15, 0.2) is 5.16 Å². The Morgan fingerprint density at radius 3 is 2.50 bits per heavy atom. The van der Waals surface area contributed by atoms with Gasteiger partial charge in [-0.25, -0.2) is 0 Å². The minimum absolute atomic E-state index is 0.0385. The van der Waals surface area contributed by atoms with E-state index in [1.807, 2.05) is 0 Å². The molecule has 0 saturated heterocycles. The van der Waals surface area contributed by atoms with E-state index in [4.69, 9.17) is 4.74 Å². The van der Waals surface area contributed by atoms with Gasteiger partial charge >= 0.3 is 0 Å². The molecular weight excluding hydrogens is 406 g/mol. The van der Waals surface area contributed by atoms with Crippen LogP contribution in [0.4, 0.5) is 11.4 Å². The Balaban J connectivity index is 1.53. The van der Waals surface area contributed by atoms with Crippen LogP contribution < -0.4 is 15.4 Å². The summed E-state index contributed by atoms with van der Waals surface area (Å²) in [5.41, 5.74) is 1.13. The lowest BCUT2D eigenvalue weighted by Gasteiger charge is -2.07. The minimum atomic E-state index is -0.245. The molecule has 30 heavy (non-hydrogen) atoms. The van der Waals surface area contributed by atoms with Crippen molar-refractivity contribution >= 4 is 35.0 Å².